The molecule has 3 N–H and O–H groups in total. The van der Waals surface area contributed by atoms with Crippen LogP contribution in [-0.2, 0) is 11.8 Å². The standard InChI is InChI=1S/C24H28FN7O2/c1-12-10-32(11-13(2)26-12)17-8-19(25)22-20(9-17)28-29-24(22)27-16-6-18-14(3)31(5)30-23(18)21(7-16)34-15(4)33/h6-9,12-13,26H,10-11H2,1-5H3,(H2,27,28,29)/t12-,13-/m1/s1. The number of carbonyl (C=O) groups excluding carboxylic acids is 1. The number of piperazine rings is 1. The molecule has 0 amide bonds. The Morgan fingerprint density at radius 2 is 1.94 bits per heavy atom. The molecule has 1 aliphatic rings. The third-order valence-electron chi connectivity index (χ3n) is 6.24. The summed E-state index contributed by atoms with van der Waals surface area (Å²) in [5, 5.41) is 19.6. The van der Waals surface area contributed by atoms with Gasteiger partial charge in [-0.05, 0) is 39.0 Å². The van der Waals surface area contributed by atoms with Gasteiger partial charge in [-0.2, -0.15) is 10.2 Å². The molecule has 0 bridgehead atoms. The summed E-state index contributed by atoms with van der Waals surface area (Å²) in [6, 6.07) is 7.69. The van der Waals surface area contributed by atoms with Crippen LogP contribution >= 0.6 is 0 Å². The van der Waals surface area contributed by atoms with Crippen molar-refractivity contribution in [3.8, 4) is 5.75 Å². The number of ether oxygens (including phenoxy) is 1. The average molecular weight is 466 g/mol. The molecule has 3 heterocycles. The fourth-order valence-corrected chi connectivity index (χ4v) is 4.73. The third-order valence-corrected chi connectivity index (χ3v) is 6.24. The van der Waals surface area contributed by atoms with Gasteiger partial charge in [-0.15, -0.1) is 0 Å². The maximum absolute atomic E-state index is 15.3. The largest absolute Gasteiger partial charge is 0.424 e. The Morgan fingerprint density at radius 1 is 1.21 bits per heavy atom. The van der Waals surface area contributed by atoms with E-state index in [4.69, 9.17) is 4.74 Å². The number of nitrogens with one attached hydrogen (secondary N) is 3. The van der Waals surface area contributed by atoms with E-state index in [9.17, 15) is 4.79 Å². The second kappa shape index (κ2) is 8.28. The van der Waals surface area contributed by atoms with E-state index in [0.717, 1.165) is 29.9 Å². The lowest BCUT2D eigenvalue weighted by atomic mass is 10.1. The zero-order valence-electron chi connectivity index (χ0n) is 19.9. The van der Waals surface area contributed by atoms with Crippen molar-refractivity contribution in [2.45, 2.75) is 39.8 Å². The number of hydrogen-bond donors (Lipinski definition) is 3. The summed E-state index contributed by atoms with van der Waals surface area (Å²) < 4.78 is 22.5. The zero-order chi connectivity index (χ0) is 24.1. The highest BCUT2D eigenvalue weighted by Gasteiger charge is 2.23. The van der Waals surface area contributed by atoms with E-state index in [1.165, 1.54) is 6.92 Å². The molecule has 2 atom stereocenters. The Hall–Kier alpha value is -3.66. The van der Waals surface area contributed by atoms with Gasteiger partial charge < -0.3 is 20.3 Å². The second-order valence-corrected chi connectivity index (χ2v) is 9.09. The van der Waals surface area contributed by atoms with E-state index in [1.54, 1.807) is 16.8 Å². The number of esters is 1. The van der Waals surface area contributed by atoms with Crippen molar-refractivity contribution >= 4 is 45.0 Å². The molecule has 1 saturated heterocycles. The predicted octanol–water partition coefficient (Wildman–Crippen LogP) is 3.75. The number of rotatable bonds is 4. The fraction of sp³-hybridized carbons (Fsp3) is 0.375. The van der Waals surface area contributed by atoms with Crippen molar-refractivity contribution in [3.63, 3.8) is 0 Å². The molecular weight excluding hydrogens is 437 g/mol. The molecule has 0 radical (unpaired) electrons. The summed E-state index contributed by atoms with van der Waals surface area (Å²) >= 11 is 0. The minimum atomic E-state index is -0.443. The number of hydrogen-bond acceptors (Lipinski definition) is 7. The number of anilines is 3. The number of fused-ring (bicyclic) bond motifs is 2. The normalized spacial score (nSPS) is 18.6. The van der Waals surface area contributed by atoms with Crippen LogP contribution in [-0.4, -0.2) is 51.1 Å². The molecule has 34 heavy (non-hydrogen) atoms. The molecule has 4 aromatic rings. The first-order valence-electron chi connectivity index (χ1n) is 11.3. The van der Waals surface area contributed by atoms with Crippen molar-refractivity contribution in [1.29, 1.82) is 0 Å². The Labute approximate surface area is 196 Å². The van der Waals surface area contributed by atoms with Gasteiger partial charge in [0.2, 0.25) is 0 Å². The van der Waals surface area contributed by atoms with E-state index >= 15 is 4.39 Å². The van der Waals surface area contributed by atoms with Crippen molar-refractivity contribution in [1.82, 2.24) is 25.3 Å². The molecule has 5 rings (SSSR count). The molecule has 2 aromatic heterocycles. The number of aryl methyl sites for hydroxylation is 2. The van der Waals surface area contributed by atoms with Crippen molar-refractivity contribution < 1.29 is 13.9 Å². The molecule has 0 saturated carbocycles. The van der Waals surface area contributed by atoms with Crippen LogP contribution in [0.1, 0.15) is 26.5 Å². The minimum Gasteiger partial charge on any atom is -0.424 e. The Morgan fingerprint density at radius 3 is 2.65 bits per heavy atom. The Balaban J connectivity index is 1.52. The first-order valence-corrected chi connectivity index (χ1v) is 11.3. The number of nitrogens with zero attached hydrogens (tertiary/aromatic N) is 4. The molecule has 2 aromatic carbocycles. The van der Waals surface area contributed by atoms with Crippen LogP contribution in [0.4, 0.5) is 21.6 Å². The monoisotopic (exact) mass is 465 g/mol. The van der Waals surface area contributed by atoms with Crippen LogP contribution in [0.2, 0.25) is 0 Å². The zero-order valence-corrected chi connectivity index (χ0v) is 19.9. The first-order chi connectivity index (χ1) is 16.2. The first kappa shape index (κ1) is 22.1. The Kier molecular flexibility index (Phi) is 5.40. The summed E-state index contributed by atoms with van der Waals surface area (Å²) in [6.07, 6.45) is 0. The maximum Gasteiger partial charge on any atom is 0.308 e. The number of H-pyrrole nitrogens is 1. The molecule has 0 aliphatic carbocycles. The number of aromatic amines is 1. The van der Waals surface area contributed by atoms with Gasteiger partial charge in [-0.3, -0.25) is 14.6 Å². The molecule has 178 valence electrons. The van der Waals surface area contributed by atoms with E-state index in [-0.39, 0.29) is 5.82 Å². The number of carbonyl (C=O) groups is 1. The van der Waals surface area contributed by atoms with E-state index in [2.05, 4.69) is 44.7 Å². The van der Waals surface area contributed by atoms with Crippen LogP contribution in [0.25, 0.3) is 21.8 Å². The lowest BCUT2D eigenvalue weighted by Gasteiger charge is -2.37. The smallest absolute Gasteiger partial charge is 0.308 e. The maximum atomic E-state index is 15.3. The van der Waals surface area contributed by atoms with Gasteiger partial charge in [0.05, 0.1) is 10.9 Å². The molecular formula is C24H28FN7O2. The van der Waals surface area contributed by atoms with Crippen LogP contribution in [0.15, 0.2) is 24.3 Å². The topological polar surface area (TPSA) is 100 Å². The predicted molar refractivity (Wildman–Crippen MR) is 130 cm³/mol. The van der Waals surface area contributed by atoms with Crippen LogP contribution in [0.5, 0.6) is 5.75 Å². The number of aromatic nitrogens is 4. The third kappa shape index (κ3) is 3.94. The van der Waals surface area contributed by atoms with Gasteiger partial charge in [-0.25, -0.2) is 4.39 Å². The highest BCUT2D eigenvalue weighted by atomic mass is 19.1. The lowest BCUT2D eigenvalue weighted by Crippen LogP contribution is -2.54. The van der Waals surface area contributed by atoms with Crippen molar-refractivity contribution in [3.05, 3.63) is 35.8 Å². The molecule has 1 fully saturated rings. The van der Waals surface area contributed by atoms with Gasteiger partial charge in [0.1, 0.15) is 11.3 Å². The SMILES string of the molecule is CC(=O)Oc1cc(Nc2n[nH]c3cc(N4C[C@@H](C)N[C@H](C)C4)cc(F)c23)cc2c(C)n(C)nc12. The summed E-state index contributed by atoms with van der Waals surface area (Å²) in [4.78, 5) is 13.8. The van der Waals surface area contributed by atoms with Crippen molar-refractivity contribution in [2.75, 3.05) is 23.3 Å². The number of benzene rings is 2. The van der Waals surface area contributed by atoms with Crippen molar-refractivity contribution in [2.24, 2.45) is 7.05 Å². The molecule has 1 aliphatic heterocycles. The van der Waals surface area contributed by atoms with Crippen LogP contribution in [0, 0.1) is 12.7 Å². The van der Waals surface area contributed by atoms with Gasteiger partial charge in [0.25, 0.3) is 0 Å². The molecule has 9 nitrogen and oxygen atoms in total. The van der Waals surface area contributed by atoms with Gasteiger partial charge in [0, 0.05) is 67.7 Å². The molecule has 0 unspecified atom stereocenters. The van der Waals surface area contributed by atoms with Gasteiger partial charge in [0.15, 0.2) is 11.6 Å². The minimum absolute atomic E-state index is 0.318. The lowest BCUT2D eigenvalue weighted by molar-refractivity contribution is -0.131. The van der Waals surface area contributed by atoms with E-state index < -0.39 is 5.97 Å². The Bertz CT molecular complexity index is 1400. The highest BCUT2D eigenvalue weighted by Crippen LogP contribution is 2.35. The summed E-state index contributed by atoms with van der Waals surface area (Å²) in [5.74, 6) is -0.111. The van der Waals surface area contributed by atoms with E-state index in [0.29, 0.717) is 45.8 Å². The van der Waals surface area contributed by atoms with Gasteiger partial charge >= 0.3 is 5.97 Å². The van der Waals surface area contributed by atoms with Gasteiger partial charge in [-0.1, -0.05) is 0 Å². The second-order valence-electron chi connectivity index (χ2n) is 9.09. The highest BCUT2D eigenvalue weighted by molar-refractivity contribution is 5.96. The number of halogens is 1. The molecule has 10 heteroatoms. The summed E-state index contributed by atoms with van der Waals surface area (Å²) in [5.41, 5.74) is 3.54. The van der Waals surface area contributed by atoms with Crippen LogP contribution in [0.3, 0.4) is 0 Å². The average Bonchev–Trinajstić information content (AvgIpc) is 3.29. The summed E-state index contributed by atoms with van der Waals surface area (Å²) in [7, 11) is 1.83. The summed E-state index contributed by atoms with van der Waals surface area (Å²) in [6.45, 7) is 9.13. The fourth-order valence-electron chi connectivity index (χ4n) is 4.73. The quantitative estimate of drug-likeness (QED) is 0.312. The van der Waals surface area contributed by atoms with E-state index in [1.807, 2.05) is 26.1 Å². The van der Waals surface area contributed by atoms with Crippen LogP contribution < -0.4 is 20.3 Å². The molecule has 0 spiro atoms.